The molecular weight excluding hydrogens is 276 g/mol. The first-order valence-electron chi connectivity index (χ1n) is 7.54. The number of fused-ring (bicyclic) bond motifs is 1. The number of carbonyl (C=O) groups excluding carboxylic acids is 1. The Morgan fingerprint density at radius 2 is 2.18 bits per heavy atom. The second kappa shape index (κ2) is 4.91. The van der Waals surface area contributed by atoms with Gasteiger partial charge in [-0.3, -0.25) is 0 Å². The number of ketones is 1. The lowest BCUT2D eigenvalue weighted by Crippen LogP contribution is -2.55. The van der Waals surface area contributed by atoms with Crippen molar-refractivity contribution in [3.63, 3.8) is 0 Å². The van der Waals surface area contributed by atoms with Gasteiger partial charge >= 0.3 is 0 Å². The van der Waals surface area contributed by atoms with Crippen LogP contribution in [0.15, 0.2) is 30.4 Å². The maximum Gasteiger partial charge on any atom is 0.226 e. The summed E-state index contributed by atoms with van der Waals surface area (Å²) in [7, 11) is 0. The van der Waals surface area contributed by atoms with Gasteiger partial charge < -0.3 is 9.69 Å². The Labute approximate surface area is 130 Å². The third kappa shape index (κ3) is 2.10. The molecule has 0 N–H and O–H groups in total. The molecule has 114 valence electrons. The Bertz CT molecular complexity index is 674. The van der Waals surface area contributed by atoms with Gasteiger partial charge in [-0.1, -0.05) is 26.8 Å². The van der Waals surface area contributed by atoms with E-state index in [-0.39, 0.29) is 22.8 Å². The lowest BCUT2D eigenvalue weighted by atomic mass is 9.55. The van der Waals surface area contributed by atoms with Crippen molar-refractivity contribution in [2.24, 2.45) is 16.7 Å². The zero-order valence-corrected chi connectivity index (χ0v) is 13.2. The monoisotopic (exact) mass is 296 g/mol. The smallest absolute Gasteiger partial charge is 0.226 e. The molecule has 0 spiro atoms. The molecule has 1 saturated heterocycles. The summed E-state index contributed by atoms with van der Waals surface area (Å²) in [5, 5.41) is 0. The maximum absolute atomic E-state index is 12.5. The normalized spacial score (nSPS) is 30.3. The van der Waals surface area contributed by atoms with Crippen molar-refractivity contribution < 1.29 is 4.79 Å². The van der Waals surface area contributed by atoms with Crippen molar-refractivity contribution in [3.05, 3.63) is 41.8 Å². The Morgan fingerprint density at radius 3 is 2.82 bits per heavy atom. The van der Waals surface area contributed by atoms with Crippen LogP contribution < -0.4 is 4.90 Å². The van der Waals surface area contributed by atoms with E-state index in [1.807, 2.05) is 26.0 Å². The second-order valence-corrected chi connectivity index (χ2v) is 7.03. The van der Waals surface area contributed by atoms with Crippen LogP contribution in [0.3, 0.4) is 0 Å². The molecule has 2 atom stereocenters. The van der Waals surface area contributed by atoms with E-state index in [0.717, 1.165) is 25.3 Å². The van der Waals surface area contributed by atoms with Crippen molar-refractivity contribution in [2.45, 2.75) is 27.2 Å². The van der Waals surface area contributed by atoms with Gasteiger partial charge in [-0.25, -0.2) is 14.8 Å². The van der Waals surface area contributed by atoms with Crippen LogP contribution in [0.2, 0.25) is 0 Å². The van der Waals surface area contributed by atoms with E-state index in [9.17, 15) is 4.79 Å². The molecule has 0 bridgehead atoms. The molecule has 3 rings (SSSR count). The van der Waals surface area contributed by atoms with E-state index in [4.69, 9.17) is 6.57 Å². The molecule has 1 fully saturated rings. The molecule has 5 nitrogen and oxygen atoms in total. The highest BCUT2D eigenvalue weighted by molar-refractivity contribution is 6.02. The SMILES string of the molecule is [C-]#[N+]C1=C[C@@]2(C)CN(c3ccncn3)CC[C@@H]2C(C)(C)C1=O. The minimum absolute atomic E-state index is 0.0135. The quantitative estimate of drug-likeness (QED) is 0.748. The predicted molar refractivity (Wildman–Crippen MR) is 83.9 cm³/mol. The predicted octanol–water partition coefficient (Wildman–Crippen LogP) is 2.72. The van der Waals surface area contributed by atoms with Crippen LogP contribution in [0.5, 0.6) is 0 Å². The fourth-order valence-corrected chi connectivity index (χ4v) is 4.16. The largest absolute Gasteiger partial charge is 0.356 e. The van der Waals surface area contributed by atoms with Gasteiger partial charge in [0.05, 0.1) is 6.57 Å². The van der Waals surface area contributed by atoms with Gasteiger partial charge in [0.1, 0.15) is 12.1 Å². The van der Waals surface area contributed by atoms with Crippen molar-refractivity contribution >= 4 is 11.6 Å². The van der Waals surface area contributed by atoms with Crippen LogP contribution in [0, 0.1) is 23.3 Å². The van der Waals surface area contributed by atoms with Gasteiger partial charge in [-0.15, -0.1) is 0 Å². The van der Waals surface area contributed by atoms with E-state index >= 15 is 0 Å². The van der Waals surface area contributed by atoms with Gasteiger partial charge in [-0.2, -0.15) is 0 Å². The van der Waals surface area contributed by atoms with Crippen LogP contribution >= 0.6 is 0 Å². The first-order valence-corrected chi connectivity index (χ1v) is 7.54. The molecule has 2 heterocycles. The van der Waals surface area contributed by atoms with Crippen molar-refractivity contribution in [1.82, 2.24) is 9.97 Å². The molecule has 0 radical (unpaired) electrons. The molecule has 0 aromatic carbocycles. The summed E-state index contributed by atoms with van der Waals surface area (Å²) in [5.41, 5.74) is -0.393. The minimum atomic E-state index is -0.485. The summed E-state index contributed by atoms with van der Waals surface area (Å²) in [6.45, 7) is 15.1. The summed E-state index contributed by atoms with van der Waals surface area (Å²) in [6, 6.07) is 1.91. The van der Waals surface area contributed by atoms with E-state index in [2.05, 4.69) is 26.6 Å². The average molecular weight is 296 g/mol. The van der Waals surface area contributed by atoms with Crippen molar-refractivity contribution in [3.8, 4) is 0 Å². The standard InChI is InChI=1S/C17H20N4O/c1-16(2)13-6-8-21(14-5-7-19-11-20-14)10-17(13,3)9-12(18-4)15(16)22/h5,7,9,11,13H,6,8,10H2,1-3H3/t13-,17+/m1/s1. The molecule has 1 aliphatic heterocycles. The van der Waals surface area contributed by atoms with Crippen LogP contribution in [0.25, 0.3) is 4.85 Å². The van der Waals surface area contributed by atoms with Gasteiger partial charge in [0.15, 0.2) is 5.78 Å². The zero-order valence-electron chi connectivity index (χ0n) is 13.2. The maximum atomic E-state index is 12.5. The van der Waals surface area contributed by atoms with E-state index in [0.29, 0.717) is 0 Å². The molecule has 22 heavy (non-hydrogen) atoms. The average Bonchev–Trinajstić information content (AvgIpc) is 2.51. The molecule has 0 saturated carbocycles. The number of Topliss-reactive ketones (excluding diaryl/α,β-unsaturated/α-hetero) is 1. The molecule has 0 amide bonds. The van der Waals surface area contributed by atoms with E-state index < -0.39 is 5.41 Å². The molecule has 1 aromatic rings. The summed E-state index contributed by atoms with van der Waals surface area (Å²) < 4.78 is 0. The Kier molecular flexibility index (Phi) is 3.28. The Hall–Kier alpha value is -2.22. The number of rotatable bonds is 1. The first-order chi connectivity index (χ1) is 10.4. The lowest BCUT2D eigenvalue weighted by Gasteiger charge is -2.53. The fourth-order valence-electron chi connectivity index (χ4n) is 4.16. The summed E-state index contributed by atoms with van der Waals surface area (Å²) in [6.07, 6.45) is 6.11. The fraction of sp³-hybridized carbons (Fsp3) is 0.529. The summed E-state index contributed by atoms with van der Waals surface area (Å²) in [4.78, 5) is 26.5. The number of anilines is 1. The molecular formula is C17H20N4O. The highest BCUT2D eigenvalue weighted by Crippen LogP contribution is 2.52. The topological polar surface area (TPSA) is 50.5 Å². The van der Waals surface area contributed by atoms with Gasteiger partial charge in [0.25, 0.3) is 0 Å². The number of hydrogen-bond donors (Lipinski definition) is 0. The molecule has 1 aromatic heterocycles. The van der Waals surface area contributed by atoms with Crippen LogP contribution in [0.4, 0.5) is 5.82 Å². The number of aromatic nitrogens is 2. The number of piperidine rings is 1. The number of nitrogens with zero attached hydrogens (tertiary/aromatic N) is 4. The number of hydrogen-bond acceptors (Lipinski definition) is 4. The Balaban J connectivity index is 1.99. The molecule has 2 aliphatic rings. The van der Waals surface area contributed by atoms with Crippen LogP contribution in [0.1, 0.15) is 27.2 Å². The van der Waals surface area contributed by atoms with Gasteiger partial charge in [0.2, 0.25) is 5.70 Å². The van der Waals surface area contributed by atoms with E-state index in [1.165, 1.54) is 0 Å². The van der Waals surface area contributed by atoms with E-state index in [1.54, 1.807) is 12.5 Å². The highest BCUT2D eigenvalue weighted by atomic mass is 16.1. The van der Waals surface area contributed by atoms with Gasteiger partial charge in [0, 0.05) is 24.7 Å². The summed E-state index contributed by atoms with van der Waals surface area (Å²) >= 11 is 0. The third-order valence-electron chi connectivity index (χ3n) is 5.18. The number of allylic oxidation sites excluding steroid dienone is 1. The number of carbonyl (C=O) groups is 1. The first kappa shape index (κ1) is 14.7. The third-order valence-corrected chi connectivity index (χ3v) is 5.18. The van der Waals surface area contributed by atoms with Crippen LogP contribution in [-0.4, -0.2) is 28.8 Å². The zero-order chi connectivity index (χ0) is 16.0. The lowest BCUT2D eigenvalue weighted by molar-refractivity contribution is -0.130. The highest BCUT2D eigenvalue weighted by Gasteiger charge is 2.53. The minimum Gasteiger partial charge on any atom is -0.356 e. The molecule has 1 aliphatic carbocycles. The Morgan fingerprint density at radius 1 is 1.41 bits per heavy atom. The van der Waals surface area contributed by atoms with Gasteiger partial charge in [-0.05, 0) is 23.8 Å². The molecule has 0 unspecified atom stereocenters. The van der Waals surface area contributed by atoms with Crippen molar-refractivity contribution in [1.29, 1.82) is 0 Å². The second-order valence-electron chi connectivity index (χ2n) is 7.03. The molecule has 5 heteroatoms. The van der Waals surface area contributed by atoms with Crippen molar-refractivity contribution in [2.75, 3.05) is 18.0 Å². The summed E-state index contributed by atoms with van der Waals surface area (Å²) in [5.74, 6) is 1.14. The van der Waals surface area contributed by atoms with Crippen LogP contribution in [-0.2, 0) is 4.79 Å².